The van der Waals surface area contributed by atoms with Crippen LogP contribution in [0, 0.1) is 0 Å². The maximum absolute atomic E-state index is 13.0. The number of hydrogen-bond donors (Lipinski definition) is 1. The van der Waals surface area contributed by atoms with Crippen LogP contribution in [0.25, 0.3) is 43.7 Å². The van der Waals surface area contributed by atoms with Gasteiger partial charge in [-0.3, -0.25) is 0 Å². The number of benzene rings is 4. The van der Waals surface area contributed by atoms with Gasteiger partial charge in [0.25, 0.3) is 0 Å². The van der Waals surface area contributed by atoms with E-state index >= 15 is 0 Å². The van der Waals surface area contributed by atoms with Crippen LogP contribution in [-0.2, 0) is 0 Å². The number of fused-ring (bicyclic) bond motifs is 5. The molecule has 0 aliphatic heterocycles. The number of aromatic nitrogens is 1. The molecule has 0 radical (unpaired) electrons. The van der Waals surface area contributed by atoms with Gasteiger partial charge in [-0.25, -0.2) is 0 Å². The highest BCUT2D eigenvalue weighted by Gasteiger charge is 2.11. The average Bonchev–Trinajstić information content (AvgIpc) is 3.07. The summed E-state index contributed by atoms with van der Waals surface area (Å²) in [5, 5.41) is 4.84. The van der Waals surface area contributed by atoms with Crippen molar-refractivity contribution in [3.8, 4) is 11.1 Å². The van der Waals surface area contributed by atoms with Crippen LogP contribution in [0.2, 0.25) is 0 Å². The Morgan fingerprint density at radius 3 is 2.40 bits per heavy atom. The van der Waals surface area contributed by atoms with Crippen LogP contribution < -0.4 is 0 Å². The van der Waals surface area contributed by atoms with Crippen LogP contribution in [0.3, 0.4) is 0 Å². The summed E-state index contributed by atoms with van der Waals surface area (Å²) in [6.07, 6.45) is 0. The average molecular weight is 343 g/mol. The second-order valence-electron chi connectivity index (χ2n) is 6.17. The molecule has 0 unspecified atom stereocenters. The van der Waals surface area contributed by atoms with E-state index in [9.17, 15) is 3.89 Å². The molecule has 0 aliphatic rings. The van der Waals surface area contributed by atoms with Gasteiger partial charge in [0, 0.05) is 26.6 Å². The molecule has 0 spiro atoms. The van der Waals surface area contributed by atoms with E-state index in [1.165, 1.54) is 21.5 Å². The Labute approximate surface area is 148 Å². The molecule has 0 aliphatic carbocycles. The molecule has 120 valence electrons. The first-order chi connectivity index (χ1) is 12.3. The molecule has 5 rings (SSSR count). The Bertz CT molecular complexity index is 1240. The molecular weight excluding hydrogens is 329 g/mol. The fraction of sp³-hybridized carbons (Fsp3) is 0. The van der Waals surface area contributed by atoms with E-state index in [0.717, 1.165) is 22.2 Å². The summed E-state index contributed by atoms with van der Waals surface area (Å²) in [5.41, 5.74) is 4.35. The van der Waals surface area contributed by atoms with Gasteiger partial charge in [0.2, 0.25) is 0 Å². The van der Waals surface area contributed by atoms with Gasteiger partial charge in [-0.05, 0) is 23.1 Å². The molecule has 5 aromatic rings. The van der Waals surface area contributed by atoms with E-state index in [1.54, 1.807) is 6.07 Å². The van der Waals surface area contributed by atoms with Gasteiger partial charge < -0.3 is 4.98 Å². The summed E-state index contributed by atoms with van der Waals surface area (Å²) in [4.78, 5) is 4.25. The number of nitrogens with one attached hydrogen (secondary N) is 1. The lowest BCUT2D eigenvalue weighted by Gasteiger charge is -2.04. The normalized spacial score (nSPS) is 11.6. The highest BCUT2D eigenvalue weighted by Crippen LogP contribution is 2.36. The van der Waals surface area contributed by atoms with Crippen molar-refractivity contribution in [2.24, 2.45) is 0 Å². The first-order valence-corrected chi connectivity index (χ1v) is 8.88. The quantitative estimate of drug-likeness (QED) is 0.361. The van der Waals surface area contributed by atoms with E-state index in [-0.39, 0.29) is 12.1 Å². The van der Waals surface area contributed by atoms with Crippen molar-refractivity contribution < 1.29 is 3.89 Å². The van der Waals surface area contributed by atoms with Gasteiger partial charge in [0.1, 0.15) is 0 Å². The van der Waals surface area contributed by atoms with Crippen molar-refractivity contribution in [3.05, 3.63) is 78.9 Å². The van der Waals surface area contributed by atoms with Gasteiger partial charge in [-0.2, -0.15) is 3.89 Å². The van der Waals surface area contributed by atoms with Crippen LogP contribution in [0.1, 0.15) is 0 Å². The number of rotatable bonds is 2. The SMILES string of the molecule is FSc1cccc(-c2cccc3c2[nH]c2c4ccccc4ccc32)c1. The van der Waals surface area contributed by atoms with Crippen LogP contribution in [-0.4, -0.2) is 4.98 Å². The van der Waals surface area contributed by atoms with E-state index in [1.807, 2.05) is 18.2 Å². The molecule has 3 heteroatoms. The fourth-order valence-electron chi connectivity index (χ4n) is 3.62. The predicted octanol–water partition coefficient (Wildman–Crippen LogP) is 7.12. The Morgan fingerprint density at radius 2 is 1.48 bits per heavy atom. The molecule has 0 saturated heterocycles. The van der Waals surface area contributed by atoms with Gasteiger partial charge >= 0.3 is 0 Å². The van der Waals surface area contributed by atoms with E-state index < -0.39 is 0 Å². The van der Waals surface area contributed by atoms with Crippen molar-refractivity contribution >= 4 is 44.7 Å². The topological polar surface area (TPSA) is 15.8 Å². The van der Waals surface area contributed by atoms with Crippen LogP contribution in [0.15, 0.2) is 83.8 Å². The lowest BCUT2D eigenvalue weighted by atomic mass is 10.0. The van der Waals surface area contributed by atoms with Gasteiger partial charge in [0.05, 0.1) is 23.2 Å². The third-order valence-corrected chi connectivity index (χ3v) is 5.20. The molecule has 1 N–H and O–H groups in total. The van der Waals surface area contributed by atoms with E-state index in [2.05, 4.69) is 59.6 Å². The number of aromatic amines is 1. The minimum atomic E-state index is 0.280. The largest absolute Gasteiger partial charge is 0.353 e. The van der Waals surface area contributed by atoms with Gasteiger partial charge in [-0.1, -0.05) is 66.7 Å². The van der Waals surface area contributed by atoms with Crippen LogP contribution >= 0.6 is 12.1 Å². The van der Waals surface area contributed by atoms with Crippen molar-refractivity contribution in [2.45, 2.75) is 4.90 Å². The number of para-hydroxylation sites is 1. The van der Waals surface area contributed by atoms with E-state index in [0.29, 0.717) is 4.90 Å². The Morgan fingerprint density at radius 1 is 0.680 bits per heavy atom. The number of H-pyrrole nitrogens is 1. The number of hydrogen-bond acceptors (Lipinski definition) is 1. The molecule has 1 nitrogen and oxygen atoms in total. The molecule has 25 heavy (non-hydrogen) atoms. The zero-order chi connectivity index (χ0) is 16.8. The third-order valence-electron chi connectivity index (χ3n) is 4.77. The number of halogens is 1. The molecular formula is C22H14FNS. The Balaban J connectivity index is 1.87. The lowest BCUT2D eigenvalue weighted by molar-refractivity contribution is 0.934. The minimum Gasteiger partial charge on any atom is -0.353 e. The first-order valence-electron chi connectivity index (χ1n) is 8.16. The highest BCUT2D eigenvalue weighted by atomic mass is 32.2. The lowest BCUT2D eigenvalue weighted by Crippen LogP contribution is -1.81. The summed E-state index contributed by atoms with van der Waals surface area (Å²) < 4.78 is 13.0. The zero-order valence-corrected chi connectivity index (χ0v) is 14.1. The summed E-state index contributed by atoms with van der Waals surface area (Å²) in [7, 11) is 0. The highest BCUT2D eigenvalue weighted by molar-refractivity contribution is 7.94. The van der Waals surface area contributed by atoms with Crippen molar-refractivity contribution in [3.63, 3.8) is 0 Å². The molecule has 1 heterocycles. The zero-order valence-electron chi connectivity index (χ0n) is 13.3. The first kappa shape index (κ1) is 14.6. The molecule has 1 aromatic heterocycles. The second-order valence-corrected chi connectivity index (χ2v) is 6.79. The Hall–Kier alpha value is -2.78. The van der Waals surface area contributed by atoms with Gasteiger partial charge in [-0.15, -0.1) is 0 Å². The maximum Gasteiger partial charge on any atom is 0.0812 e. The van der Waals surface area contributed by atoms with Crippen molar-refractivity contribution in [2.75, 3.05) is 0 Å². The summed E-state index contributed by atoms with van der Waals surface area (Å²) >= 11 is 0.280. The van der Waals surface area contributed by atoms with E-state index in [4.69, 9.17) is 0 Å². The van der Waals surface area contributed by atoms with Gasteiger partial charge in [0.15, 0.2) is 0 Å². The summed E-state index contributed by atoms with van der Waals surface area (Å²) in [6.45, 7) is 0. The van der Waals surface area contributed by atoms with Crippen molar-refractivity contribution in [1.29, 1.82) is 0 Å². The van der Waals surface area contributed by atoms with Crippen LogP contribution in [0.4, 0.5) is 3.89 Å². The molecule has 0 fully saturated rings. The van der Waals surface area contributed by atoms with Crippen molar-refractivity contribution in [1.82, 2.24) is 4.98 Å². The molecule has 0 bridgehead atoms. The standard InChI is InChI=1S/C22H14FNS/c23-25-16-7-3-6-15(13-16)18-9-4-10-19-20-12-11-14-5-1-2-8-17(14)21(20)24-22(18)19/h1-13,24H. The predicted molar refractivity (Wildman–Crippen MR) is 106 cm³/mol. The molecule has 0 atom stereocenters. The monoisotopic (exact) mass is 343 g/mol. The molecule has 4 aromatic carbocycles. The maximum atomic E-state index is 13.0. The summed E-state index contributed by atoms with van der Waals surface area (Å²) in [5.74, 6) is 0. The fourth-order valence-corrected chi connectivity index (χ4v) is 3.92. The summed E-state index contributed by atoms with van der Waals surface area (Å²) in [6, 6.07) is 26.6. The molecule has 0 saturated carbocycles. The smallest absolute Gasteiger partial charge is 0.0812 e. The molecule has 0 amide bonds. The van der Waals surface area contributed by atoms with Crippen LogP contribution in [0.5, 0.6) is 0 Å². The Kier molecular flexibility index (Phi) is 3.28. The second kappa shape index (κ2) is 5.64. The minimum absolute atomic E-state index is 0.280. The third kappa shape index (κ3) is 2.24.